The second kappa shape index (κ2) is 7.12. The number of aromatic nitrogens is 3. The zero-order valence-electron chi connectivity index (χ0n) is 13.8. The van der Waals surface area contributed by atoms with Crippen molar-refractivity contribution in [2.75, 3.05) is 5.32 Å². The highest BCUT2D eigenvalue weighted by Gasteiger charge is 2.15. The van der Waals surface area contributed by atoms with Gasteiger partial charge >= 0.3 is 0 Å². The summed E-state index contributed by atoms with van der Waals surface area (Å²) in [6, 6.07) is 9.75. The van der Waals surface area contributed by atoms with E-state index >= 15 is 0 Å². The molecule has 0 fully saturated rings. The van der Waals surface area contributed by atoms with Gasteiger partial charge in [0.15, 0.2) is 0 Å². The molecule has 1 aromatic carbocycles. The third-order valence-corrected chi connectivity index (χ3v) is 3.92. The Bertz CT molecular complexity index is 821. The minimum Gasteiger partial charge on any atom is -0.338 e. The van der Waals surface area contributed by atoms with Crippen molar-refractivity contribution in [2.24, 2.45) is 0 Å². The van der Waals surface area contributed by atoms with E-state index in [1.807, 2.05) is 54.9 Å². The van der Waals surface area contributed by atoms with Gasteiger partial charge in [-0.3, -0.25) is 10.1 Å². The Kier molecular flexibility index (Phi) is 4.74. The van der Waals surface area contributed by atoms with Crippen LogP contribution >= 0.6 is 0 Å². The van der Waals surface area contributed by atoms with Gasteiger partial charge in [0.2, 0.25) is 11.8 Å². The van der Waals surface area contributed by atoms with Gasteiger partial charge < -0.3 is 9.09 Å². The molecule has 1 amide bonds. The number of anilines is 1. The SMILES string of the molecule is CCc1nccn1CCC(=O)Nc1onc(-c2ccccc2)c1C. The monoisotopic (exact) mass is 324 g/mol. The molecule has 2 aromatic heterocycles. The van der Waals surface area contributed by atoms with Gasteiger partial charge in [0.25, 0.3) is 0 Å². The molecule has 0 bridgehead atoms. The normalized spacial score (nSPS) is 10.8. The van der Waals surface area contributed by atoms with Crippen LogP contribution < -0.4 is 5.32 Å². The van der Waals surface area contributed by atoms with Crippen molar-refractivity contribution in [1.29, 1.82) is 0 Å². The molecule has 0 radical (unpaired) electrons. The Morgan fingerprint density at radius 1 is 1.29 bits per heavy atom. The molecule has 24 heavy (non-hydrogen) atoms. The Hall–Kier alpha value is -2.89. The number of benzene rings is 1. The maximum Gasteiger partial charge on any atom is 0.234 e. The van der Waals surface area contributed by atoms with Crippen molar-refractivity contribution < 1.29 is 9.32 Å². The van der Waals surface area contributed by atoms with Crippen LogP contribution in [0.25, 0.3) is 11.3 Å². The summed E-state index contributed by atoms with van der Waals surface area (Å²) in [5.74, 6) is 1.27. The van der Waals surface area contributed by atoms with Crippen molar-refractivity contribution in [3.63, 3.8) is 0 Å². The second-order valence-electron chi connectivity index (χ2n) is 5.54. The lowest BCUT2D eigenvalue weighted by Crippen LogP contribution is -2.15. The van der Waals surface area contributed by atoms with Crippen LogP contribution in [0.5, 0.6) is 0 Å². The molecule has 0 spiro atoms. The molecule has 0 aliphatic carbocycles. The van der Waals surface area contributed by atoms with E-state index in [9.17, 15) is 4.79 Å². The summed E-state index contributed by atoms with van der Waals surface area (Å²) < 4.78 is 7.29. The molecule has 6 heteroatoms. The first-order valence-electron chi connectivity index (χ1n) is 8.00. The lowest BCUT2D eigenvalue weighted by molar-refractivity contribution is -0.116. The van der Waals surface area contributed by atoms with Gasteiger partial charge in [-0.25, -0.2) is 4.98 Å². The zero-order valence-corrected chi connectivity index (χ0v) is 13.8. The first-order valence-corrected chi connectivity index (χ1v) is 8.00. The van der Waals surface area contributed by atoms with E-state index < -0.39 is 0 Å². The Balaban J connectivity index is 1.64. The minimum atomic E-state index is -0.107. The standard InChI is InChI=1S/C18H20N4O2/c1-3-15-19-10-12-22(15)11-9-16(23)20-18-13(2)17(21-24-18)14-7-5-4-6-8-14/h4-8,10,12H,3,9,11H2,1-2H3,(H,20,23). The third-order valence-electron chi connectivity index (χ3n) is 3.92. The number of rotatable bonds is 6. The smallest absolute Gasteiger partial charge is 0.234 e. The molecular formula is C18H20N4O2. The van der Waals surface area contributed by atoms with Gasteiger partial charge in [0.05, 0.1) is 0 Å². The molecule has 3 aromatic rings. The average Bonchev–Trinajstić information content (AvgIpc) is 3.21. The van der Waals surface area contributed by atoms with Gasteiger partial charge in [0, 0.05) is 42.9 Å². The van der Waals surface area contributed by atoms with Gasteiger partial charge in [-0.05, 0) is 6.92 Å². The summed E-state index contributed by atoms with van der Waals surface area (Å²) in [6.07, 6.45) is 4.84. The van der Waals surface area contributed by atoms with Crippen LogP contribution in [0.4, 0.5) is 5.88 Å². The molecule has 0 atom stereocenters. The number of amides is 1. The Labute approximate surface area is 140 Å². The highest BCUT2D eigenvalue weighted by Crippen LogP contribution is 2.27. The number of nitrogens with zero attached hydrogens (tertiary/aromatic N) is 3. The molecule has 6 nitrogen and oxygen atoms in total. The van der Waals surface area contributed by atoms with E-state index in [-0.39, 0.29) is 5.91 Å². The van der Waals surface area contributed by atoms with Crippen LogP contribution in [-0.4, -0.2) is 20.6 Å². The third kappa shape index (κ3) is 3.37. The van der Waals surface area contributed by atoms with E-state index in [1.165, 1.54) is 0 Å². The summed E-state index contributed by atoms with van der Waals surface area (Å²) in [5, 5.41) is 6.87. The number of imidazole rings is 1. The topological polar surface area (TPSA) is 73.0 Å². The van der Waals surface area contributed by atoms with Crippen LogP contribution in [0.3, 0.4) is 0 Å². The molecular weight excluding hydrogens is 304 g/mol. The van der Waals surface area contributed by atoms with Crippen molar-refractivity contribution in [3.8, 4) is 11.3 Å². The molecule has 3 rings (SSSR count). The van der Waals surface area contributed by atoms with E-state index in [1.54, 1.807) is 6.20 Å². The van der Waals surface area contributed by atoms with Crippen LogP contribution in [-0.2, 0) is 17.8 Å². The highest BCUT2D eigenvalue weighted by atomic mass is 16.5. The molecule has 124 valence electrons. The molecule has 0 saturated heterocycles. The number of nitrogens with one attached hydrogen (secondary N) is 1. The number of carbonyl (C=O) groups is 1. The number of carbonyl (C=O) groups excluding carboxylic acids is 1. The lowest BCUT2D eigenvalue weighted by atomic mass is 10.1. The molecule has 1 N–H and O–H groups in total. The Morgan fingerprint density at radius 2 is 2.08 bits per heavy atom. The Morgan fingerprint density at radius 3 is 2.83 bits per heavy atom. The predicted molar refractivity (Wildman–Crippen MR) is 91.5 cm³/mol. The van der Waals surface area contributed by atoms with Crippen molar-refractivity contribution in [2.45, 2.75) is 33.2 Å². The van der Waals surface area contributed by atoms with Gasteiger partial charge in [-0.15, -0.1) is 0 Å². The minimum absolute atomic E-state index is 0.107. The molecule has 0 unspecified atom stereocenters. The van der Waals surface area contributed by atoms with E-state index in [2.05, 4.69) is 15.5 Å². The van der Waals surface area contributed by atoms with Gasteiger partial charge in [-0.2, -0.15) is 0 Å². The number of hydrogen-bond acceptors (Lipinski definition) is 4. The lowest BCUT2D eigenvalue weighted by Gasteiger charge is -2.06. The molecule has 0 aliphatic rings. The maximum absolute atomic E-state index is 12.2. The van der Waals surface area contributed by atoms with Crippen LogP contribution in [0.2, 0.25) is 0 Å². The largest absolute Gasteiger partial charge is 0.338 e. The second-order valence-corrected chi connectivity index (χ2v) is 5.54. The van der Waals surface area contributed by atoms with Crippen LogP contribution in [0.1, 0.15) is 24.7 Å². The van der Waals surface area contributed by atoms with Crippen molar-refractivity contribution >= 4 is 11.8 Å². The van der Waals surface area contributed by atoms with E-state index in [0.29, 0.717) is 18.8 Å². The predicted octanol–water partition coefficient (Wildman–Crippen LogP) is 3.44. The summed E-state index contributed by atoms with van der Waals surface area (Å²) in [4.78, 5) is 16.4. The van der Waals surface area contributed by atoms with E-state index in [4.69, 9.17) is 4.52 Å². The van der Waals surface area contributed by atoms with Crippen molar-refractivity contribution in [3.05, 3.63) is 54.1 Å². The van der Waals surface area contributed by atoms with Crippen molar-refractivity contribution in [1.82, 2.24) is 14.7 Å². The first kappa shape index (κ1) is 16.0. The average molecular weight is 324 g/mol. The maximum atomic E-state index is 12.2. The van der Waals surface area contributed by atoms with Gasteiger partial charge in [0.1, 0.15) is 11.5 Å². The number of aryl methyl sites for hydroxylation is 2. The summed E-state index contributed by atoms with van der Waals surface area (Å²) >= 11 is 0. The molecule has 2 heterocycles. The molecule has 0 aliphatic heterocycles. The first-order chi connectivity index (χ1) is 11.7. The summed E-state index contributed by atoms with van der Waals surface area (Å²) in [7, 11) is 0. The zero-order chi connectivity index (χ0) is 16.9. The highest BCUT2D eigenvalue weighted by molar-refractivity contribution is 5.90. The van der Waals surface area contributed by atoms with Crippen LogP contribution in [0.15, 0.2) is 47.2 Å². The van der Waals surface area contributed by atoms with Crippen LogP contribution in [0, 0.1) is 6.92 Å². The van der Waals surface area contributed by atoms with Gasteiger partial charge in [-0.1, -0.05) is 42.4 Å². The fourth-order valence-electron chi connectivity index (χ4n) is 2.59. The summed E-state index contributed by atoms with van der Waals surface area (Å²) in [6.45, 7) is 4.52. The molecule has 0 saturated carbocycles. The summed E-state index contributed by atoms with van der Waals surface area (Å²) in [5.41, 5.74) is 2.53. The number of hydrogen-bond donors (Lipinski definition) is 1. The fourth-order valence-corrected chi connectivity index (χ4v) is 2.59. The fraction of sp³-hybridized carbons (Fsp3) is 0.278. The quantitative estimate of drug-likeness (QED) is 0.754. The van der Waals surface area contributed by atoms with E-state index in [0.717, 1.165) is 29.1 Å².